The van der Waals surface area contributed by atoms with Crippen molar-refractivity contribution in [3.05, 3.63) is 33.9 Å². The number of rotatable bonds is 6. The summed E-state index contributed by atoms with van der Waals surface area (Å²) in [5.41, 5.74) is 0.989. The SMILES string of the molecule is CCN(Cc1ccc(OC)c([N+](=O)[O-])c1)C1CCCNC1. The van der Waals surface area contributed by atoms with E-state index < -0.39 is 0 Å². The first-order valence-electron chi connectivity index (χ1n) is 7.41. The number of nitrogens with zero attached hydrogens (tertiary/aromatic N) is 2. The lowest BCUT2D eigenvalue weighted by Crippen LogP contribution is -2.45. The van der Waals surface area contributed by atoms with E-state index in [2.05, 4.69) is 17.1 Å². The molecule has 1 aromatic carbocycles. The normalized spacial score (nSPS) is 18.7. The van der Waals surface area contributed by atoms with Crippen LogP contribution in [0.3, 0.4) is 0 Å². The number of nitro benzene ring substituents is 1. The van der Waals surface area contributed by atoms with Crippen molar-refractivity contribution in [1.29, 1.82) is 0 Å². The molecule has 1 saturated heterocycles. The molecule has 0 saturated carbocycles. The number of hydrogen-bond donors (Lipinski definition) is 1. The van der Waals surface area contributed by atoms with E-state index in [9.17, 15) is 10.1 Å². The maximum absolute atomic E-state index is 11.1. The molecule has 6 heteroatoms. The number of ether oxygens (including phenoxy) is 1. The van der Waals surface area contributed by atoms with Crippen molar-refractivity contribution in [3.63, 3.8) is 0 Å². The molecule has 1 atom stereocenters. The van der Waals surface area contributed by atoms with Crippen LogP contribution in [0.5, 0.6) is 5.75 Å². The molecule has 1 aromatic rings. The second-order valence-corrected chi connectivity index (χ2v) is 5.33. The fourth-order valence-corrected chi connectivity index (χ4v) is 2.86. The highest BCUT2D eigenvalue weighted by Gasteiger charge is 2.21. The Morgan fingerprint density at radius 3 is 2.90 bits per heavy atom. The fraction of sp³-hybridized carbons (Fsp3) is 0.600. The summed E-state index contributed by atoms with van der Waals surface area (Å²) in [4.78, 5) is 13.1. The van der Waals surface area contributed by atoms with Gasteiger partial charge in [0, 0.05) is 25.2 Å². The smallest absolute Gasteiger partial charge is 0.311 e. The van der Waals surface area contributed by atoms with Crippen molar-refractivity contribution in [2.45, 2.75) is 32.4 Å². The van der Waals surface area contributed by atoms with Crippen LogP contribution < -0.4 is 10.1 Å². The van der Waals surface area contributed by atoms with Crippen LogP contribution in [0.25, 0.3) is 0 Å². The first-order chi connectivity index (χ1) is 10.2. The van der Waals surface area contributed by atoms with Crippen molar-refractivity contribution in [1.82, 2.24) is 10.2 Å². The van der Waals surface area contributed by atoms with Crippen LogP contribution in [-0.2, 0) is 6.54 Å². The predicted octanol–water partition coefficient (Wildman–Crippen LogP) is 2.18. The molecule has 1 N–H and O–H groups in total. The van der Waals surface area contributed by atoms with Crippen molar-refractivity contribution >= 4 is 5.69 Å². The van der Waals surface area contributed by atoms with E-state index in [4.69, 9.17) is 4.74 Å². The van der Waals surface area contributed by atoms with Crippen LogP contribution in [0.4, 0.5) is 5.69 Å². The van der Waals surface area contributed by atoms with Crippen LogP contribution in [0, 0.1) is 10.1 Å². The number of hydrogen-bond acceptors (Lipinski definition) is 5. The maximum atomic E-state index is 11.1. The van der Waals surface area contributed by atoms with Gasteiger partial charge >= 0.3 is 5.69 Å². The van der Waals surface area contributed by atoms with E-state index in [0.717, 1.165) is 31.7 Å². The summed E-state index contributed by atoms with van der Waals surface area (Å²) in [7, 11) is 1.45. The number of piperidine rings is 1. The van der Waals surface area contributed by atoms with Gasteiger partial charge in [-0.15, -0.1) is 0 Å². The van der Waals surface area contributed by atoms with Crippen LogP contribution >= 0.6 is 0 Å². The molecule has 1 aliphatic rings. The highest BCUT2D eigenvalue weighted by molar-refractivity contribution is 5.48. The van der Waals surface area contributed by atoms with Gasteiger partial charge in [-0.3, -0.25) is 15.0 Å². The zero-order chi connectivity index (χ0) is 15.2. The minimum absolute atomic E-state index is 0.0350. The van der Waals surface area contributed by atoms with Gasteiger partial charge in [-0.1, -0.05) is 13.0 Å². The van der Waals surface area contributed by atoms with Gasteiger partial charge in [0.25, 0.3) is 0 Å². The average molecular weight is 293 g/mol. The molecule has 0 radical (unpaired) electrons. The quantitative estimate of drug-likeness (QED) is 0.643. The van der Waals surface area contributed by atoms with E-state index in [-0.39, 0.29) is 10.6 Å². The molecule has 1 unspecified atom stereocenters. The standard InChI is InChI=1S/C15H23N3O3/c1-3-17(13-5-4-8-16-10-13)11-12-6-7-15(21-2)14(9-12)18(19)20/h6-7,9,13,16H,3-5,8,10-11H2,1-2H3. The molecule has 6 nitrogen and oxygen atoms in total. The minimum atomic E-state index is -0.388. The van der Waals surface area contributed by atoms with Crippen molar-refractivity contribution in [3.8, 4) is 5.75 Å². The first kappa shape index (κ1) is 15.7. The van der Waals surface area contributed by atoms with Gasteiger partial charge in [-0.05, 0) is 37.6 Å². The Labute approximate surface area is 125 Å². The second kappa shape index (κ2) is 7.38. The lowest BCUT2D eigenvalue weighted by molar-refractivity contribution is -0.385. The van der Waals surface area contributed by atoms with E-state index in [1.54, 1.807) is 12.1 Å². The second-order valence-electron chi connectivity index (χ2n) is 5.33. The van der Waals surface area contributed by atoms with Crippen LogP contribution in [0.15, 0.2) is 18.2 Å². The molecule has 0 aliphatic carbocycles. The van der Waals surface area contributed by atoms with E-state index in [1.165, 1.54) is 20.0 Å². The van der Waals surface area contributed by atoms with Gasteiger partial charge in [0.15, 0.2) is 5.75 Å². The Kier molecular flexibility index (Phi) is 5.52. The Bertz CT molecular complexity index is 487. The summed E-state index contributed by atoms with van der Waals surface area (Å²) < 4.78 is 5.04. The zero-order valence-corrected chi connectivity index (χ0v) is 12.7. The van der Waals surface area contributed by atoms with Crippen LogP contribution in [0.1, 0.15) is 25.3 Å². The summed E-state index contributed by atoms with van der Waals surface area (Å²) >= 11 is 0. The number of nitrogens with one attached hydrogen (secondary N) is 1. The van der Waals surface area contributed by atoms with Crippen molar-refractivity contribution in [2.75, 3.05) is 26.7 Å². The lowest BCUT2D eigenvalue weighted by atomic mass is 10.0. The van der Waals surface area contributed by atoms with E-state index >= 15 is 0 Å². The lowest BCUT2D eigenvalue weighted by Gasteiger charge is -2.33. The summed E-state index contributed by atoms with van der Waals surface area (Å²) in [6.07, 6.45) is 2.36. The van der Waals surface area contributed by atoms with Crippen LogP contribution in [0.2, 0.25) is 0 Å². The molecule has 1 heterocycles. The minimum Gasteiger partial charge on any atom is -0.490 e. The molecule has 21 heavy (non-hydrogen) atoms. The topological polar surface area (TPSA) is 67.6 Å². The molecule has 0 spiro atoms. The number of nitro groups is 1. The van der Waals surface area contributed by atoms with E-state index in [1.807, 2.05) is 6.07 Å². The molecule has 116 valence electrons. The van der Waals surface area contributed by atoms with Gasteiger partial charge in [-0.25, -0.2) is 0 Å². The molecule has 0 aromatic heterocycles. The van der Waals surface area contributed by atoms with Gasteiger partial charge in [-0.2, -0.15) is 0 Å². The third-order valence-corrected chi connectivity index (χ3v) is 4.02. The number of methoxy groups -OCH3 is 1. The fourth-order valence-electron chi connectivity index (χ4n) is 2.86. The van der Waals surface area contributed by atoms with Crippen molar-refractivity contribution < 1.29 is 9.66 Å². The summed E-state index contributed by atoms with van der Waals surface area (Å²) in [6, 6.07) is 5.72. The molecule has 1 fully saturated rings. The third kappa shape index (κ3) is 3.92. The Morgan fingerprint density at radius 2 is 2.33 bits per heavy atom. The molecule has 2 rings (SSSR count). The summed E-state index contributed by atoms with van der Waals surface area (Å²) in [5.74, 6) is 0.311. The zero-order valence-electron chi connectivity index (χ0n) is 12.7. The molecular weight excluding hydrogens is 270 g/mol. The first-order valence-corrected chi connectivity index (χ1v) is 7.41. The summed E-state index contributed by atoms with van der Waals surface area (Å²) in [5, 5.41) is 14.5. The Morgan fingerprint density at radius 1 is 1.52 bits per heavy atom. The molecule has 1 aliphatic heterocycles. The predicted molar refractivity (Wildman–Crippen MR) is 81.6 cm³/mol. The van der Waals surface area contributed by atoms with Crippen molar-refractivity contribution in [2.24, 2.45) is 0 Å². The monoisotopic (exact) mass is 293 g/mol. The highest BCUT2D eigenvalue weighted by Crippen LogP contribution is 2.28. The maximum Gasteiger partial charge on any atom is 0.311 e. The molecule has 0 amide bonds. The highest BCUT2D eigenvalue weighted by atomic mass is 16.6. The summed E-state index contributed by atoms with van der Waals surface area (Å²) in [6.45, 7) is 5.88. The van der Waals surface area contributed by atoms with Gasteiger partial charge < -0.3 is 10.1 Å². The van der Waals surface area contributed by atoms with Gasteiger partial charge in [0.1, 0.15) is 0 Å². The number of benzene rings is 1. The van der Waals surface area contributed by atoms with E-state index in [0.29, 0.717) is 11.8 Å². The average Bonchev–Trinajstić information content (AvgIpc) is 2.53. The van der Waals surface area contributed by atoms with Gasteiger partial charge in [0.2, 0.25) is 0 Å². The Balaban J connectivity index is 2.13. The number of likely N-dealkylation sites (N-methyl/N-ethyl adjacent to an activating group) is 1. The van der Waals surface area contributed by atoms with Crippen LogP contribution in [-0.4, -0.2) is 42.6 Å². The van der Waals surface area contributed by atoms with Gasteiger partial charge in [0.05, 0.1) is 12.0 Å². The molecule has 0 bridgehead atoms. The third-order valence-electron chi connectivity index (χ3n) is 4.02. The Hall–Kier alpha value is -1.66. The largest absolute Gasteiger partial charge is 0.490 e. The molecular formula is C15H23N3O3.